The van der Waals surface area contributed by atoms with Crippen LogP contribution in [0.5, 0.6) is 0 Å². The summed E-state index contributed by atoms with van der Waals surface area (Å²) < 4.78 is 103. The molecule has 122 valence electrons. The standard InChI is InChI=1S/C11H12F7NOS/c1-6-3-8(4-7(2)9(6)19)21(17,18,20)10(13,5-12)11(14,15)16/h3-4H,5,19H2,1-2H3. The molecule has 2 N–H and O–H groups in total. The second-order valence-corrected chi connectivity index (χ2v) is 7.23. The van der Waals surface area contributed by atoms with Crippen molar-refractivity contribution in [1.29, 1.82) is 0 Å². The number of nitrogen functional groups attached to an aromatic ring is 1. The Bertz CT molecular complexity index is 613. The number of halogens is 7. The minimum Gasteiger partial charge on any atom is -0.398 e. The predicted molar refractivity (Wildman–Crippen MR) is 64.8 cm³/mol. The molecule has 0 aliphatic carbocycles. The quantitative estimate of drug-likeness (QED) is 0.513. The van der Waals surface area contributed by atoms with Crippen molar-refractivity contribution < 1.29 is 33.9 Å². The van der Waals surface area contributed by atoms with Crippen molar-refractivity contribution in [2.75, 3.05) is 12.4 Å². The van der Waals surface area contributed by atoms with E-state index in [-0.39, 0.29) is 16.8 Å². The molecular weight excluding hydrogens is 327 g/mol. The molecule has 0 bridgehead atoms. The summed E-state index contributed by atoms with van der Waals surface area (Å²) in [7, 11) is -8.22. The monoisotopic (exact) mass is 339 g/mol. The Labute approximate surface area is 116 Å². The lowest BCUT2D eigenvalue weighted by Gasteiger charge is -2.38. The molecule has 0 spiro atoms. The molecule has 0 aliphatic heterocycles. The maximum atomic E-state index is 14.1. The fraction of sp³-hybridized carbons (Fsp3) is 0.455. The first kappa shape index (κ1) is 17.7. The number of nitrogens with two attached hydrogens (primary N) is 1. The Morgan fingerprint density at radius 2 is 1.48 bits per heavy atom. The van der Waals surface area contributed by atoms with Gasteiger partial charge in [0.15, 0.2) is 0 Å². The van der Waals surface area contributed by atoms with Crippen molar-refractivity contribution in [2.24, 2.45) is 0 Å². The molecular formula is C11H12F7NOS. The minimum atomic E-state index is -8.22. The lowest BCUT2D eigenvalue weighted by Crippen LogP contribution is -2.57. The van der Waals surface area contributed by atoms with E-state index in [1.54, 1.807) is 0 Å². The Kier molecular flexibility index (Phi) is 3.87. The molecule has 0 radical (unpaired) electrons. The maximum absolute atomic E-state index is 14.1. The van der Waals surface area contributed by atoms with Crippen LogP contribution in [-0.2, 0) is 9.84 Å². The molecule has 10 heteroatoms. The van der Waals surface area contributed by atoms with Crippen molar-refractivity contribution in [1.82, 2.24) is 0 Å². The highest BCUT2D eigenvalue weighted by Crippen LogP contribution is 2.58. The van der Waals surface area contributed by atoms with E-state index < -0.39 is 32.6 Å². The van der Waals surface area contributed by atoms with Gasteiger partial charge in [-0.05, 0) is 37.1 Å². The van der Waals surface area contributed by atoms with Crippen molar-refractivity contribution in [3.05, 3.63) is 23.3 Å². The van der Waals surface area contributed by atoms with Gasteiger partial charge >= 0.3 is 11.2 Å². The Balaban J connectivity index is 3.75. The van der Waals surface area contributed by atoms with Gasteiger partial charge in [-0.1, -0.05) is 0 Å². The van der Waals surface area contributed by atoms with E-state index >= 15 is 0 Å². The fourth-order valence-electron chi connectivity index (χ4n) is 1.68. The molecule has 0 aromatic heterocycles. The summed E-state index contributed by atoms with van der Waals surface area (Å²) in [6.07, 6.45) is -6.35. The van der Waals surface area contributed by atoms with Gasteiger partial charge in [0.05, 0.1) is 4.90 Å². The van der Waals surface area contributed by atoms with E-state index in [1.807, 2.05) is 0 Å². The summed E-state index contributed by atoms with van der Waals surface area (Å²) in [5.74, 6) is 0. The summed E-state index contributed by atoms with van der Waals surface area (Å²) in [6, 6.07) is 0.736. The summed E-state index contributed by atoms with van der Waals surface area (Å²) in [4.78, 5) is -1.73. The third-order valence-corrected chi connectivity index (χ3v) is 5.53. The van der Waals surface area contributed by atoms with E-state index in [0.29, 0.717) is 12.1 Å². The molecule has 1 atom stereocenters. The van der Waals surface area contributed by atoms with Crippen LogP contribution in [0.4, 0.5) is 35.4 Å². The Morgan fingerprint density at radius 1 is 1.10 bits per heavy atom. The number of anilines is 1. The Morgan fingerprint density at radius 3 is 1.76 bits per heavy atom. The molecule has 0 aliphatic rings. The van der Waals surface area contributed by atoms with Gasteiger partial charge in [-0.15, -0.1) is 7.77 Å². The molecule has 0 heterocycles. The first-order valence-corrected chi connectivity index (χ1v) is 7.22. The van der Waals surface area contributed by atoms with Crippen LogP contribution in [-0.4, -0.2) is 22.1 Å². The summed E-state index contributed by atoms with van der Waals surface area (Å²) in [5.41, 5.74) is 5.17. The zero-order valence-corrected chi connectivity index (χ0v) is 11.7. The van der Waals surface area contributed by atoms with E-state index in [0.717, 1.165) is 13.8 Å². The number of hydrogen-bond donors (Lipinski definition) is 1. The van der Waals surface area contributed by atoms with Gasteiger partial charge in [-0.25, -0.2) is 13.0 Å². The van der Waals surface area contributed by atoms with Crippen LogP contribution in [0.15, 0.2) is 17.0 Å². The lowest BCUT2D eigenvalue weighted by molar-refractivity contribution is -0.205. The van der Waals surface area contributed by atoms with Crippen LogP contribution in [0.25, 0.3) is 0 Å². The maximum Gasteiger partial charge on any atom is 0.441 e. The molecule has 0 fully saturated rings. The third kappa shape index (κ3) is 2.39. The van der Waals surface area contributed by atoms with Crippen molar-refractivity contribution in [2.45, 2.75) is 29.9 Å². The van der Waals surface area contributed by atoms with Crippen LogP contribution < -0.4 is 5.73 Å². The van der Waals surface area contributed by atoms with Crippen LogP contribution in [0, 0.1) is 13.8 Å². The highest BCUT2D eigenvalue weighted by Gasteiger charge is 2.76. The highest BCUT2D eigenvalue weighted by atomic mass is 32.3. The number of benzene rings is 1. The van der Waals surface area contributed by atoms with Gasteiger partial charge in [0.1, 0.15) is 6.67 Å². The SMILES string of the molecule is Cc1cc(S(=O)(F)(F)C(F)(CF)C(F)(F)F)cc(C)c1N. The highest BCUT2D eigenvalue weighted by molar-refractivity contribution is 8.12. The molecule has 1 aromatic carbocycles. The summed E-state index contributed by atoms with van der Waals surface area (Å²) in [5, 5.41) is -5.79. The molecule has 0 saturated carbocycles. The smallest absolute Gasteiger partial charge is 0.398 e. The zero-order chi connectivity index (χ0) is 16.9. The van der Waals surface area contributed by atoms with Crippen LogP contribution in [0.2, 0.25) is 0 Å². The van der Waals surface area contributed by atoms with Gasteiger partial charge in [-0.2, -0.15) is 13.2 Å². The fourth-order valence-corrected chi connectivity index (χ4v) is 3.36. The normalized spacial score (nSPS) is 17.9. The van der Waals surface area contributed by atoms with Gasteiger partial charge in [0, 0.05) is 5.69 Å². The minimum absolute atomic E-state index is 0.0291. The lowest BCUT2D eigenvalue weighted by atomic mass is 10.1. The van der Waals surface area contributed by atoms with Gasteiger partial charge in [-0.3, -0.25) is 0 Å². The van der Waals surface area contributed by atoms with E-state index in [9.17, 15) is 33.9 Å². The Hall–Kier alpha value is -1.32. The van der Waals surface area contributed by atoms with E-state index in [4.69, 9.17) is 5.73 Å². The van der Waals surface area contributed by atoms with Crippen LogP contribution >= 0.6 is 0 Å². The van der Waals surface area contributed by atoms with Gasteiger partial charge < -0.3 is 5.73 Å². The van der Waals surface area contributed by atoms with Gasteiger partial charge in [0.2, 0.25) is 9.84 Å². The number of aryl methyl sites for hydroxylation is 2. The first-order chi connectivity index (χ1) is 9.17. The van der Waals surface area contributed by atoms with Crippen LogP contribution in [0.1, 0.15) is 11.1 Å². The molecule has 0 saturated heterocycles. The molecule has 0 amide bonds. The van der Waals surface area contributed by atoms with Crippen LogP contribution in [0.3, 0.4) is 0 Å². The van der Waals surface area contributed by atoms with Crippen molar-refractivity contribution in [3.63, 3.8) is 0 Å². The second kappa shape index (κ2) is 4.59. The predicted octanol–water partition coefficient (Wildman–Crippen LogP) is 4.03. The van der Waals surface area contributed by atoms with Crippen molar-refractivity contribution >= 4 is 15.5 Å². The summed E-state index contributed by atoms with van der Waals surface area (Å²) >= 11 is 0. The average molecular weight is 339 g/mol. The number of alkyl halides is 5. The average Bonchev–Trinajstić information content (AvgIpc) is 2.31. The number of rotatable bonds is 3. The largest absolute Gasteiger partial charge is 0.441 e. The second-order valence-electron chi connectivity index (χ2n) is 4.59. The molecule has 1 aromatic rings. The van der Waals surface area contributed by atoms with Gasteiger partial charge in [0.25, 0.3) is 0 Å². The van der Waals surface area contributed by atoms with E-state index in [1.165, 1.54) is 0 Å². The third-order valence-electron chi connectivity index (χ3n) is 3.09. The van der Waals surface area contributed by atoms with Crippen molar-refractivity contribution in [3.8, 4) is 0 Å². The molecule has 2 nitrogen and oxygen atoms in total. The number of hydrogen-bond acceptors (Lipinski definition) is 2. The molecule has 1 unspecified atom stereocenters. The summed E-state index contributed by atoms with van der Waals surface area (Å²) in [6.45, 7) is -0.841. The molecule has 21 heavy (non-hydrogen) atoms. The zero-order valence-electron chi connectivity index (χ0n) is 10.9. The topological polar surface area (TPSA) is 43.1 Å². The first-order valence-electron chi connectivity index (χ1n) is 5.45. The van der Waals surface area contributed by atoms with E-state index in [2.05, 4.69) is 0 Å². The molecule has 1 rings (SSSR count).